The summed E-state index contributed by atoms with van der Waals surface area (Å²) in [6, 6.07) is 0.734. The van der Waals surface area contributed by atoms with Gasteiger partial charge in [0.2, 0.25) is 0 Å². The SMILES string of the molecule is CC.CC.CC1CCC2C3CCC4NC(S)CCC4(C)C3CCC12C. The molecule has 4 rings (SSSR count). The minimum Gasteiger partial charge on any atom is -0.302 e. The van der Waals surface area contributed by atoms with Gasteiger partial charge in [0.1, 0.15) is 0 Å². The Morgan fingerprint density at radius 2 is 1.36 bits per heavy atom. The Kier molecular flexibility index (Phi) is 7.39. The molecule has 3 aliphatic carbocycles. The Labute approximate surface area is 163 Å². The molecule has 0 aromatic carbocycles. The van der Waals surface area contributed by atoms with Gasteiger partial charge in [-0.3, -0.25) is 0 Å². The molecule has 1 N–H and O–H groups in total. The summed E-state index contributed by atoms with van der Waals surface area (Å²) in [5, 5.41) is 4.28. The molecule has 0 aromatic rings. The highest BCUT2D eigenvalue weighted by Crippen LogP contribution is 2.65. The molecule has 0 radical (unpaired) electrons. The van der Waals surface area contributed by atoms with Crippen molar-refractivity contribution < 1.29 is 0 Å². The van der Waals surface area contributed by atoms with E-state index in [1.807, 2.05) is 27.7 Å². The molecule has 1 heterocycles. The van der Waals surface area contributed by atoms with Crippen molar-refractivity contribution >= 4 is 12.6 Å². The zero-order valence-corrected chi connectivity index (χ0v) is 19.0. The molecular weight excluding hydrogens is 322 g/mol. The van der Waals surface area contributed by atoms with Gasteiger partial charge >= 0.3 is 0 Å². The minimum absolute atomic E-state index is 0.444. The van der Waals surface area contributed by atoms with E-state index < -0.39 is 0 Å². The van der Waals surface area contributed by atoms with Crippen LogP contribution in [0.3, 0.4) is 0 Å². The molecular formula is C23H45NS. The van der Waals surface area contributed by atoms with E-state index in [4.69, 9.17) is 12.6 Å². The lowest BCUT2D eigenvalue weighted by Crippen LogP contribution is -2.61. The standard InChI is InChI=1S/C19H33NS.2C2H6/c1-12-4-6-14-13-5-7-16-19(3,11-9-17(21)20-16)15(13)8-10-18(12,14)2;2*1-2/h12-17,20-21H,4-11H2,1-3H3;2*1-2H3. The van der Waals surface area contributed by atoms with Crippen LogP contribution >= 0.6 is 12.6 Å². The molecule has 1 aliphatic heterocycles. The number of piperidine rings is 1. The van der Waals surface area contributed by atoms with Gasteiger partial charge in [0.15, 0.2) is 0 Å². The average Bonchev–Trinajstić information content (AvgIpc) is 2.94. The van der Waals surface area contributed by atoms with Gasteiger partial charge in [-0.1, -0.05) is 48.5 Å². The van der Waals surface area contributed by atoms with Crippen molar-refractivity contribution in [3.8, 4) is 0 Å². The Bertz CT molecular complexity index is 424. The fraction of sp³-hybridized carbons (Fsp3) is 1.00. The topological polar surface area (TPSA) is 12.0 Å². The minimum atomic E-state index is 0.444. The van der Waals surface area contributed by atoms with Gasteiger partial charge in [-0.15, -0.1) is 0 Å². The summed E-state index contributed by atoms with van der Waals surface area (Å²) in [7, 11) is 0. The molecule has 1 nitrogen and oxygen atoms in total. The van der Waals surface area contributed by atoms with Crippen LogP contribution in [0.5, 0.6) is 0 Å². The molecule has 148 valence electrons. The first-order chi connectivity index (χ1) is 11.9. The molecule has 25 heavy (non-hydrogen) atoms. The van der Waals surface area contributed by atoms with Crippen LogP contribution in [-0.4, -0.2) is 11.4 Å². The number of rotatable bonds is 0. The van der Waals surface area contributed by atoms with Crippen LogP contribution in [0.2, 0.25) is 0 Å². The van der Waals surface area contributed by atoms with E-state index in [1.54, 1.807) is 0 Å². The predicted molar refractivity (Wildman–Crippen MR) is 115 cm³/mol. The molecule has 8 atom stereocenters. The Morgan fingerprint density at radius 1 is 0.760 bits per heavy atom. The monoisotopic (exact) mass is 367 g/mol. The molecule has 0 bridgehead atoms. The first-order valence-corrected chi connectivity index (χ1v) is 11.9. The average molecular weight is 368 g/mol. The number of nitrogens with one attached hydrogen (secondary N) is 1. The van der Waals surface area contributed by atoms with Crippen molar-refractivity contribution in [1.29, 1.82) is 0 Å². The first kappa shape index (κ1) is 21.6. The lowest BCUT2D eigenvalue weighted by Gasteiger charge is -2.61. The second kappa shape index (κ2) is 8.55. The van der Waals surface area contributed by atoms with E-state index in [1.165, 1.54) is 51.4 Å². The summed E-state index contributed by atoms with van der Waals surface area (Å²) >= 11 is 4.71. The summed E-state index contributed by atoms with van der Waals surface area (Å²) in [6.07, 6.45) is 11.5. The lowest BCUT2D eigenvalue weighted by molar-refractivity contribution is -0.0937. The van der Waals surface area contributed by atoms with Gasteiger partial charge in [0.25, 0.3) is 0 Å². The smallest absolute Gasteiger partial charge is 0.0504 e. The van der Waals surface area contributed by atoms with E-state index in [0.29, 0.717) is 16.2 Å². The van der Waals surface area contributed by atoms with Gasteiger partial charge in [0.05, 0.1) is 5.37 Å². The molecule has 0 amide bonds. The van der Waals surface area contributed by atoms with Crippen molar-refractivity contribution in [2.75, 3.05) is 0 Å². The maximum atomic E-state index is 4.71. The highest BCUT2D eigenvalue weighted by atomic mass is 32.1. The quantitative estimate of drug-likeness (QED) is 0.442. The van der Waals surface area contributed by atoms with E-state index in [9.17, 15) is 0 Å². The van der Waals surface area contributed by atoms with Gasteiger partial charge in [-0.2, -0.15) is 12.6 Å². The molecule has 0 spiro atoms. The van der Waals surface area contributed by atoms with Crippen molar-refractivity contribution in [3.63, 3.8) is 0 Å². The largest absolute Gasteiger partial charge is 0.302 e. The third-order valence-corrected chi connectivity index (χ3v) is 9.10. The maximum absolute atomic E-state index is 4.71. The molecule has 3 saturated carbocycles. The van der Waals surface area contributed by atoms with E-state index >= 15 is 0 Å². The van der Waals surface area contributed by atoms with Crippen LogP contribution in [0.15, 0.2) is 0 Å². The second-order valence-electron chi connectivity index (χ2n) is 9.26. The van der Waals surface area contributed by atoms with Gasteiger partial charge in [-0.05, 0) is 85.9 Å². The number of thiol groups is 1. The fourth-order valence-corrected chi connectivity index (χ4v) is 7.42. The van der Waals surface area contributed by atoms with E-state index in [2.05, 4.69) is 26.1 Å². The number of hydrogen-bond acceptors (Lipinski definition) is 2. The molecule has 4 aliphatic rings. The van der Waals surface area contributed by atoms with Crippen LogP contribution in [0, 0.1) is 34.5 Å². The number of hydrogen-bond donors (Lipinski definition) is 2. The third kappa shape index (κ3) is 3.56. The second-order valence-corrected chi connectivity index (χ2v) is 9.88. The number of fused-ring (bicyclic) bond motifs is 5. The Morgan fingerprint density at radius 3 is 2.04 bits per heavy atom. The third-order valence-electron chi connectivity index (χ3n) is 8.69. The van der Waals surface area contributed by atoms with Gasteiger partial charge in [-0.25, -0.2) is 0 Å². The highest BCUT2D eigenvalue weighted by Gasteiger charge is 2.59. The zero-order valence-electron chi connectivity index (χ0n) is 18.1. The van der Waals surface area contributed by atoms with E-state index in [0.717, 1.165) is 29.7 Å². The van der Waals surface area contributed by atoms with Crippen LogP contribution in [0.25, 0.3) is 0 Å². The predicted octanol–water partition coefficient (Wildman–Crippen LogP) is 6.93. The van der Waals surface area contributed by atoms with Gasteiger partial charge in [0, 0.05) is 6.04 Å². The molecule has 0 aromatic heterocycles. The van der Waals surface area contributed by atoms with Crippen LogP contribution in [0.1, 0.15) is 99.8 Å². The summed E-state index contributed by atoms with van der Waals surface area (Å²) in [4.78, 5) is 0. The Hall–Kier alpha value is 0.310. The zero-order chi connectivity index (χ0) is 18.8. The molecule has 2 heteroatoms. The van der Waals surface area contributed by atoms with E-state index in [-0.39, 0.29) is 0 Å². The summed E-state index contributed by atoms with van der Waals surface area (Å²) < 4.78 is 0. The lowest BCUT2D eigenvalue weighted by atomic mass is 9.47. The van der Waals surface area contributed by atoms with Crippen LogP contribution < -0.4 is 5.32 Å². The normalized spacial score (nSPS) is 50.9. The molecule has 8 unspecified atom stereocenters. The van der Waals surface area contributed by atoms with Crippen LogP contribution in [-0.2, 0) is 0 Å². The van der Waals surface area contributed by atoms with Crippen molar-refractivity contribution in [2.24, 2.45) is 34.5 Å². The first-order valence-electron chi connectivity index (χ1n) is 11.4. The Balaban J connectivity index is 0.000000528. The molecule has 1 saturated heterocycles. The van der Waals surface area contributed by atoms with Crippen molar-refractivity contribution in [1.82, 2.24) is 5.32 Å². The van der Waals surface area contributed by atoms with Gasteiger partial charge < -0.3 is 5.32 Å². The van der Waals surface area contributed by atoms with Crippen molar-refractivity contribution in [3.05, 3.63) is 0 Å². The van der Waals surface area contributed by atoms with Crippen molar-refractivity contribution in [2.45, 2.75) is 111 Å². The summed E-state index contributed by atoms with van der Waals surface area (Å²) in [5.74, 6) is 3.99. The highest BCUT2D eigenvalue weighted by molar-refractivity contribution is 7.80. The van der Waals surface area contributed by atoms with Crippen LogP contribution in [0.4, 0.5) is 0 Å². The fourth-order valence-electron chi connectivity index (χ4n) is 7.12. The summed E-state index contributed by atoms with van der Waals surface area (Å²) in [6.45, 7) is 15.8. The molecule has 4 fully saturated rings. The maximum Gasteiger partial charge on any atom is 0.0504 e. The summed E-state index contributed by atoms with van der Waals surface area (Å²) in [5.41, 5.74) is 1.22.